The van der Waals surface area contributed by atoms with Gasteiger partial charge >= 0.3 is 11.8 Å². The molecule has 0 saturated carbocycles. The van der Waals surface area contributed by atoms with Crippen molar-refractivity contribution in [3.8, 4) is 0 Å². The summed E-state index contributed by atoms with van der Waals surface area (Å²) in [6.07, 6.45) is 1.39. The molecule has 6 nitrogen and oxygen atoms in total. The molecule has 0 aliphatic heterocycles. The van der Waals surface area contributed by atoms with Gasteiger partial charge in [0.2, 0.25) is 0 Å². The largest absolute Gasteiger partial charge is 0.465 e. The van der Waals surface area contributed by atoms with E-state index in [0.29, 0.717) is 6.61 Å². The number of nitrogens with zero attached hydrogens (tertiary/aromatic N) is 4. The first-order valence-corrected chi connectivity index (χ1v) is 3.69. The first kappa shape index (κ1) is 9.19. The fraction of sp³-hybridized carbons (Fsp3) is 0.429. The second-order valence-corrected chi connectivity index (χ2v) is 2.19. The van der Waals surface area contributed by atoms with Gasteiger partial charge < -0.3 is 9.58 Å². The van der Waals surface area contributed by atoms with Crippen molar-refractivity contribution in [2.75, 3.05) is 6.61 Å². The van der Waals surface area contributed by atoms with Crippen molar-refractivity contribution in [1.29, 1.82) is 0 Å². The molecule has 0 unspecified atom stereocenters. The number of hydrogen-bond donors (Lipinski definition) is 0. The van der Waals surface area contributed by atoms with Gasteiger partial charge in [-0.3, -0.25) is 4.79 Å². The zero-order chi connectivity index (χ0) is 9.68. The van der Waals surface area contributed by atoms with Crippen LogP contribution < -0.4 is 0 Å². The highest BCUT2D eigenvalue weighted by Crippen LogP contribution is 2.03. The Bertz CT molecular complexity index is 339. The number of esters is 1. The molecule has 68 valence electrons. The molecule has 1 heterocycles. The SMILES string of the molecule is [C-]#[N+]c1cn(CC(=O)OCC)nn1. The number of rotatable bonds is 3. The predicted molar refractivity (Wildman–Crippen MR) is 42.9 cm³/mol. The highest BCUT2D eigenvalue weighted by atomic mass is 16.5. The maximum Gasteiger partial charge on any atom is 0.327 e. The molecule has 0 saturated heterocycles. The van der Waals surface area contributed by atoms with Gasteiger partial charge in [0.15, 0.2) is 0 Å². The zero-order valence-corrected chi connectivity index (χ0v) is 7.10. The molecule has 0 aliphatic rings. The highest BCUT2D eigenvalue weighted by Gasteiger charge is 2.06. The minimum absolute atomic E-state index is 0.00361. The Morgan fingerprint density at radius 1 is 1.85 bits per heavy atom. The summed E-state index contributed by atoms with van der Waals surface area (Å²) in [4.78, 5) is 14.0. The Kier molecular flexibility index (Phi) is 2.97. The van der Waals surface area contributed by atoms with Crippen molar-refractivity contribution in [1.82, 2.24) is 15.0 Å². The van der Waals surface area contributed by atoms with E-state index >= 15 is 0 Å². The quantitative estimate of drug-likeness (QED) is 0.498. The molecule has 0 N–H and O–H groups in total. The van der Waals surface area contributed by atoms with Gasteiger partial charge in [-0.25, -0.2) is 4.68 Å². The zero-order valence-electron chi connectivity index (χ0n) is 7.10. The molecule has 0 aliphatic carbocycles. The van der Waals surface area contributed by atoms with Crippen LogP contribution in [-0.4, -0.2) is 27.6 Å². The van der Waals surface area contributed by atoms with E-state index in [9.17, 15) is 4.79 Å². The molecule has 0 fully saturated rings. The third-order valence-corrected chi connectivity index (χ3v) is 1.24. The predicted octanol–water partition coefficient (Wildman–Crippen LogP) is 0.392. The number of carbonyl (C=O) groups excluding carboxylic acids is 1. The molecule has 1 aromatic rings. The molecule has 0 aromatic carbocycles. The summed E-state index contributed by atoms with van der Waals surface area (Å²) in [5.41, 5.74) is 0. The van der Waals surface area contributed by atoms with Gasteiger partial charge in [-0.2, -0.15) is 0 Å². The molecule has 1 rings (SSSR count). The van der Waals surface area contributed by atoms with Gasteiger partial charge in [0.1, 0.15) is 6.54 Å². The molecule has 6 heteroatoms. The Hall–Kier alpha value is -1.90. The second kappa shape index (κ2) is 4.21. The van der Waals surface area contributed by atoms with Gasteiger partial charge in [0.25, 0.3) is 0 Å². The molecule has 0 radical (unpaired) electrons. The molecular weight excluding hydrogens is 172 g/mol. The van der Waals surface area contributed by atoms with Crippen LogP contribution in [-0.2, 0) is 16.1 Å². The third kappa shape index (κ3) is 2.56. The van der Waals surface area contributed by atoms with Gasteiger partial charge in [-0.15, -0.1) is 0 Å². The minimum Gasteiger partial charge on any atom is -0.465 e. The fourth-order valence-electron chi connectivity index (χ4n) is 0.756. The van der Waals surface area contributed by atoms with E-state index in [4.69, 9.17) is 6.57 Å². The summed E-state index contributed by atoms with van der Waals surface area (Å²) >= 11 is 0. The van der Waals surface area contributed by atoms with E-state index in [0.717, 1.165) is 0 Å². The normalized spacial score (nSPS) is 9.23. The summed E-state index contributed by atoms with van der Waals surface area (Å²) in [5, 5.41) is 7.06. The topological polar surface area (TPSA) is 61.4 Å². The van der Waals surface area contributed by atoms with Crippen molar-refractivity contribution in [2.24, 2.45) is 0 Å². The van der Waals surface area contributed by atoms with Crippen LogP contribution in [0.3, 0.4) is 0 Å². The maximum atomic E-state index is 10.9. The van der Waals surface area contributed by atoms with Crippen LogP contribution in [0.4, 0.5) is 5.82 Å². The Morgan fingerprint density at radius 3 is 3.15 bits per heavy atom. The first-order valence-electron chi connectivity index (χ1n) is 3.69. The molecule has 0 atom stereocenters. The Labute approximate surface area is 74.9 Å². The van der Waals surface area contributed by atoms with Crippen molar-refractivity contribution in [3.63, 3.8) is 0 Å². The van der Waals surface area contributed by atoms with Crippen LogP contribution in [0, 0.1) is 6.57 Å². The standard InChI is InChI=1S/C7H8N4O2/c1-3-13-7(12)5-11-4-6(8-2)9-10-11/h4H,3,5H2,1H3. The number of hydrogen-bond acceptors (Lipinski definition) is 4. The summed E-state index contributed by atoms with van der Waals surface area (Å²) < 4.78 is 5.95. The lowest BCUT2D eigenvalue weighted by Gasteiger charge is -1.98. The molecule has 1 aromatic heterocycles. The van der Waals surface area contributed by atoms with Gasteiger partial charge in [-0.1, -0.05) is 6.57 Å². The highest BCUT2D eigenvalue weighted by molar-refractivity contribution is 5.69. The molecule has 0 spiro atoms. The maximum absolute atomic E-state index is 10.9. The van der Waals surface area contributed by atoms with E-state index in [2.05, 4.69) is 19.9 Å². The van der Waals surface area contributed by atoms with Crippen LogP contribution in [0.25, 0.3) is 4.85 Å². The molecule has 0 amide bonds. The first-order chi connectivity index (χ1) is 6.26. The molecular formula is C7H8N4O2. The van der Waals surface area contributed by atoms with Crippen LogP contribution in [0.1, 0.15) is 6.92 Å². The average molecular weight is 180 g/mol. The summed E-state index contributed by atoms with van der Waals surface area (Å²) in [6.45, 7) is 8.67. The van der Waals surface area contributed by atoms with Crippen molar-refractivity contribution < 1.29 is 9.53 Å². The number of ether oxygens (including phenoxy) is 1. The summed E-state index contributed by atoms with van der Waals surface area (Å²) in [6, 6.07) is 0. The lowest BCUT2D eigenvalue weighted by atomic mass is 10.6. The molecule has 0 bridgehead atoms. The van der Waals surface area contributed by atoms with Gasteiger partial charge in [0, 0.05) is 10.3 Å². The van der Waals surface area contributed by atoms with Gasteiger partial charge in [0.05, 0.1) is 12.8 Å². The second-order valence-electron chi connectivity index (χ2n) is 2.19. The van der Waals surface area contributed by atoms with Crippen molar-refractivity contribution in [3.05, 3.63) is 17.6 Å². The van der Waals surface area contributed by atoms with Gasteiger partial charge in [-0.05, 0) is 6.92 Å². The van der Waals surface area contributed by atoms with Crippen LogP contribution in [0.15, 0.2) is 6.20 Å². The monoisotopic (exact) mass is 180 g/mol. The summed E-state index contributed by atoms with van der Waals surface area (Å²) in [5.74, 6) is -0.215. The van der Waals surface area contributed by atoms with E-state index < -0.39 is 0 Å². The van der Waals surface area contributed by atoms with E-state index in [1.165, 1.54) is 10.9 Å². The third-order valence-electron chi connectivity index (χ3n) is 1.24. The minimum atomic E-state index is -0.385. The molecule has 13 heavy (non-hydrogen) atoms. The lowest BCUT2D eigenvalue weighted by Crippen LogP contribution is -2.13. The lowest BCUT2D eigenvalue weighted by molar-refractivity contribution is -0.144. The van der Waals surface area contributed by atoms with E-state index in [1.807, 2.05) is 0 Å². The van der Waals surface area contributed by atoms with Crippen molar-refractivity contribution >= 4 is 11.8 Å². The Morgan fingerprint density at radius 2 is 2.62 bits per heavy atom. The van der Waals surface area contributed by atoms with Crippen LogP contribution in [0.5, 0.6) is 0 Å². The average Bonchev–Trinajstić information content (AvgIpc) is 2.52. The Balaban J connectivity index is 2.55. The number of carbonyl (C=O) groups is 1. The van der Waals surface area contributed by atoms with Crippen LogP contribution in [0.2, 0.25) is 0 Å². The smallest absolute Gasteiger partial charge is 0.327 e. The van der Waals surface area contributed by atoms with Crippen molar-refractivity contribution in [2.45, 2.75) is 13.5 Å². The van der Waals surface area contributed by atoms with Crippen LogP contribution >= 0.6 is 0 Å². The summed E-state index contributed by atoms with van der Waals surface area (Å²) in [7, 11) is 0. The van der Waals surface area contributed by atoms with E-state index in [-0.39, 0.29) is 18.3 Å². The fourth-order valence-corrected chi connectivity index (χ4v) is 0.756. The van der Waals surface area contributed by atoms with E-state index in [1.54, 1.807) is 6.92 Å². The number of aromatic nitrogens is 3.